The molecule has 2 atom stereocenters. The van der Waals surface area contributed by atoms with E-state index < -0.39 is 0 Å². The highest BCUT2D eigenvalue weighted by Crippen LogP contribution is 2.46. The molecule has 0 N–H and O–H groups in total. The van der Waals surface area contributed by atoms with E-state index in [1.165, 1.54) is 6.42 Å². The van der Waals surface area contributed by atoms with Gasteiger partial charge in [0.2, 0.25) is 0 Å². The van der Waals surface area contributed by atoms with Crippen molar-refractivity contribution in [3.05, 3.63) is 11.0 Å². The van der Waals surface area contributed by atoms with E-state index in [-0.39, 0.29) is 13.9 Å². The van der Waals surface area contributed by atoms with Crippen LogP contribution in [0.1, 0.15) is 48.0 Å². The molecule has 0 bridgehead atoms. The first-order valence-corrected chi connectivity index (χ1v) is 9.00. The SMILES string of the molecule is CC(C)(C)CC1SS(=S)C=C1C(C)(C)C. The zero-order chi connectivity index (χ0) is 11.9. The Kier molecular flexibility index (Phi) is 4.12. The standard InChI is InChI=1S/C12H22S3/c1-11(2,3)7-10-9(12(4,5)6)8-15(13)14-10/h8,10H,7H2,1-6H3. The summed E-state index contributed by atoms with van der Waals surface area (Å²) in [6, 6.07) is 0. The molecule has 1 aliphatic rings. The third-order valence-electron chi connectivity index (χ3n) is 2.44. The maximum atomic E-state index is 5.43. The number of hydrogen-bond acceptors (Lipinski definition) is 2. The van der Waals surface area contributed by atoms with Gasteiger partial charge in [0.25, 0.3) is 0 Å². The van der Waals surface area contributed by atoms with Gasteiger partial charge in [-0.05, 0) is 47.9 Å². The van der Waals surface area contributed by atoms with Gasteiger partial charge >= 0.3 is 0 Å². The van der Waals surface area contributed by atoms with Crippen LogP contribution in [0.2, 0.25) is 0 Å². The predicted molar refractivity (Wildman–Crippen MR) is 77.7 cm³/mol. The Morgan fingerprint density at radius 2 is 1.80 bits per heavy atom. The molecule has 2 unspecified atom stereocenters. The lowest BCUT2D eigenvalue weighted by Crippen LogP contribution is -2.22. The second-order valence-corrected chi connectivity index (χ2v) is 11.3. The molecule has 0 spiro atoms. The Morgan fingerprint density at radius 3 is 2.20 bits per heavy atom. The average Bonchev–Trinajstić information content (AvgIpc) is 2.25. The van der Waals surface area contributed by atoms with Crippen LogP contribution in [0, 0.1) is 10.8 Å². The molecule has 1 rings (SSSR count). The molecular weight excluding hydrogens is 240 g/mol. The molecule has 15 heavy (non-hydrogen) atoms. The zero-order valence-electron chi connectivity index (χ0n) is 10.6. The molecule has 0 aromatic rings. The summed E-state index contributed by atoms with van der Waals surface area (Å²) in [5, 5.41) is 2.97. The number of hydrogen-bond donors (Lipinski definition) is 0. The van der Waals surface area contributed by atoms with E-state index in [0.717, 1.165) is 0 Å². The van der Waals surface area contributed by atoms with Gasteiger partial charge in [0, 0.05) is 5.25 Å². The van der Waals surface area contributed by atoms with Crippen molar-refractivity contribution in [3.63, 3.8) is 0 Å². The summed E-state index contributed by atoms with van der Waals surface area (Å²) in [6.45, 7) is 13.8. The second kappa shape index (κ2) is 4.50. The van der Waals surface area contributed by atoms with Crippen molar-refractivity contribution < 1.29 is 0 Å². The lowest BCUT2D eigenvalue weighted by Gasteiger charge is -2.30. The molecule has 0 aromatic carbocycles. The molecule has 0 saturated heterocycles. The minimum absolute atomic E-state index is 0.0238. The Hall–Kier alpha value is 0.660. The lowest BCUT2D eigenvalue weighted by atomic mass is 9.80. The van der Waals surface area contributed by atoms with E-state index in [4.69, 9.17) is 11.2 Å². The van der Waals surface area contributed by atoms with Gasteiger partial charge in [-0.1, -0.05) is 52.3 Å². The average molecular weight is 263 g/mol. The van der Waals surface area contributed by atoms with Gasteiger partial charge in [-0.2, -0.15) is 0 Å². The van der Waals surface area contributed by atoms with Crippen LogP contribution in [0.15, 0.2) is 11.0 Å². The van der Waals surface area contributed by atoms with Crippen molar-refractivity contribution in [2.45, 2.75) is 53.2 Å². The highest BCUT2D eigenvalue weighted by molar-refractivity contribution is 8.84. The van der Waals surface area contributed by atoms with Gasteiger partial charge in [0.1, 0.15) is 0 Å². The Bertz CT molecular complexity index is 289. The van der Waals surface area contributed by atoms with Crippen molar-refractivity contribution in [2.24, 2.45) is 10.8 Å². The molecule has 0 saturated carbocycles. The van der Waals surface area contributed by atoms with E-state index in [9.17, 15) is 0 Å². The van der Waals surface area contributed by atoms with E-state index in [2.05, 4.69) is 47.0 Å². The summed E-state index contributed by atoms with van der Waals surface area (Å²) in [5.41, 5.74) is 2.25. The molecular formula is C12H22S3. The van der Waals surface area contributed by atoms with Gasteiger partial charge in [-0.15, -0.1) is 0 Å². The van der Waals surface area contributed by atoms with Gasteiger partial charge < -0.3 is 0 Å². The van der Waals surface area contributed by atoms with E-state index in [0.29, 0.717) is 10.7 Å². The van der Waals surface area contributed by atoms with Gasteiger partial charge in [-0.3, -0.25) is 0 Å². The van der Waals surface area contributed by atoms with Gasteiger partial charge in [-0.25, -0.2) is 0 Å². The number of rotatable bonds is 1. The van der Waals surface area contributed by atoms with Gasteiger partial charge in [0.15, 0.2) is 0 Å². The molecule has 88 valence electrons. The van der Waals surface area contributed by atoms with Crippen LogP contribution in [-0.4, -0.2) is 5.25 Å². The highest BCUT2D eigenvalue weighted by atomic mass is 33.3. The normalized spacial score (nSPS) is 28.0. The first-order chi connectivity index (χ1) is 6.59. The van der Waals surface area contributed by atoms with Crippen molar-refractivity contribution in [3.8, 4) is 0 Å². The third-order valence-corrected chi connectivity index (χ3v) is 6.28. The van der Waals surface area contributed by atoms with E-state index >= 15 is 0 Å². The highest BCUT2D eigenvalue weighted by Gasteiger charge is 2.33. The zero-order valence-corrected chi connectivity index (χ0v) is 13.0. The minimum atomic E-state index is 0.0238. The molecule has 0 radical (unpaired) electrons. The van der Waals surface area contributed by atoms with Crippen LogP contribution < -0.4 is 0 Å². The monoisotopic (exact) mass is 262 g/mol. The summed E-state index contributed by atoms with van der Waals surface area (Å²) in [4.78, 5) is 0. The topological polar surface area (TPSA) is 0 Å². The fraction of sp³-hybridized carbons (Fsp3) is 0.833. The fourth-order valence-electron chi connectivity index (χ4n) is 1.73. The molecule has 0 amide bonds. The molecule has 0 aromatic heterocycles. The van der Waals surface area contributed by atoms with Crippen LogP contribution >= 0.6 is 10.8 Å². The van der Waals surface area contributed by atoms with Crippen molar-refractivity contribution >= 4 is 30.5 Å². The maximum absolute atomic E-state index is 5.43. The predicted octanol–water partition coefficient (Wildman–Crippen LogP) is 4.46. The Morgan fingerprint density at radius 1 is 1.27 bits per heavy atom. The minimum Gasteiger partial charge on any atom is -0.0776 e. The van der Waals surface area contributed by atoms with Crippen LogP contribution in [-0.2, 0) is 19.7 Å². The van der Waals surface area contributed by atoms with E-state index in [1.54, 1.807) is 5.57 Å². The summed E-state index contributed by atoms with van der Waals surface area (Å²) in [5.74, 6) is 0. The van der Waals surface area contributed by atoms with Crippen LogP contribution in [0.25, 0.3) is 0 Å². The summed E-state index contributed by atoms with van der Waals surface area (Å²) in [6.07, 6.45) is 1.24. The molecule has 0 fully saturated rings. The maximum Gasteiger partial charge on any atom is 0.0384 e. The van der Waals surface area contributed by atoms with Crippen molar-refractivity contribution in [2.75, 3.05) is 0 Å². The molecule has 1 heterocycles. The first-order valence-electron chi connectivity index (χ1n) is 5.39. The molecule has 0 nitrogen and oxygen atoms in total. The molecule has 0 aliphatic carbocycles. The van der Waals surface area contributed by atoms with Crippen LogP contribution in [0.5, 0.6) is 0 Å². The quantitative estimate of drug-likeness (QED) is 0.640. The van der Waals surface area contributed by atoms with Crippen LogP contribution in [0.4, 0.5) is 0 Å². The summed E-state index contributed by atoms with van der Waals surface area (Å²) >= 11 is 5.43. The largest absolute Gasteiger partial charge is 0.0776 e. The Balaban J connectivity index is 2.84. The molecule has 1 aliphatic heterocycles. The lowest BCUT2D eigenvalue weighted by molar-refractivity contribution is 0.365. The van der Waals surface area contributed by atoms with Crippen LogP contribution in [0.3, 0.4) is 0 Å². The van der Waals surface area contributed by atoms with E-state index in [1.807, 2.05) is 10.8 Å². The Labute approximate surface area is 105 Å². The van der Waals surface area contributed by atoms with Crippen molar-refractivity contribution in [1.82, 2.24) is 0 Å². The van der Waals surface area contributed by atoms with Crippen molar-refractivity contribution in [1.29, 1.82) is 0 Å². The first kappa shape index (κ1) is 13.7. The smallest absolute Gasteiger partial charge is 0.0384 e. The third kappa shape index (κ3) is 4.20. The molecule has 3 heteroatoms. The summed E-state index contributed by atoms with van der Waals surface area (Å²) in [7, 11) is 2.00. The van der Waals surface area contributed by atoms with Gasteiger partial charge in [0.05, 0.1) is 0 Å². The summed E-state index contributed by atoms with van der Waals surface area (Å²) < 4.78 is 0. The second-order valence-electron chi connectivity index (χ2n) is 6.43. The fourth-order valence-corrected chi connectivity index (χ4v) is 6.77.